The molecule has 0 unspecified atom stereocenters. The Hall–Kier alpha value is -4.11. The van der Waals surface area contributed by atoms with E-state index in [4.69, 9.17) is 14.2 Å². The molecule has 0 fully saturated rings. The summed E-state index contributed by atoms with van der Waals surface area (Å²) in [7, 11) is 0. The summed E-state index contributed by atoms with van der Waals surface area (Å²) >= 11 is 0. The van der Waals surface area contributed by atoms with E-state index in [9.17, 15) is 0 Å². The highest BCUT2D eigenvalue weighted by Gasteiger charge is 2.29. The molecule has 42 heavy (non-hydrogen) atoms. The maximum atomic E-state index is 7.58. The molecule has 0 saturated carbocycles. The van der Waals surface area contributed by atoms with E-state index in [0.717, 1.165) is 86.7 Å². The van der Waals surface area contributed by atoms with Crippen LogP contribution in [0.3, 0.4) is 0 Å². The molecule has 3 nitrogen and oxygen atoms in total. The van der Waals surface area contributed by atoms with Crippen LogP contribution in [0.1, 0.15) is 96.3 Å². The van der Waals surface area contributed by atoms with Crippen molar-refractivity contribution in [1.82, 2.24) is 0 Å². The number of aryl methyl sites for hydroxylation is 4. The number of furan rings is 2. The molecule has 5 aliphatic carbocycles. The Morgan fingerprint density at radius 1 is 0.667 bits per heavy atom. The van der Waals surface area contributed by atoms with Gasteiger partial charge < -0.3 is 14.2 Å². The van der Waals surface area contributed by atoms with Crippen LogP contribution in [0.25, 0.3) is 39.7 Å². The molecule has 2 aromatic carbocycles. The van der Waals surface area contributed by atoms with E-state index in [0.29, 0.717) is 0 Å². The van der Waals surface area contributed by atoms with E-state index in [-0.39, 0.29) is 0 Å². The average Bonchev–Trinajstić information content (AvgIpc) is 3.60. The molecule has 0 radical (unpaired) electrons. The molecule has 0 bridgehead atoms. The number of rotatable bonds is 3. The third kappa shape index (κ3) is 3.75. The van der Waals surface area contributed by atoms with Gasteiger partial charge >= 0.3 is 0 Å². The first-order chi connectivity index (χ1) is 20.7. The van der Waals surface area contributed by atoms with Crippen LogP contribution in [0.4, 0.5) is 0 Å². The van der Waals surface area contributed by atoms with Crippen molar-refractivity contribution in [1.29, 1.82) is 5.41 Å². The van der Waals surface area contributed by atoms with Gasteiger partial charge in [-0.2, -0.15) is 0 Å². The van der Waals surface area contributed by atoms with Gasteiger partial charge in [-0.1, -0.05) is 36.4 Å². The van der Waals surface area contributed by atoms with Crippen molar-refractivity contribution in [2.75, 3.05) is 0 Å². The molecule has 0 aliphatic heterocycles. The molecule has 3 heteroatoms. The summed E-state index contributed by atoms with van der Waals surface area (Å²) in [6.07, 6.45) is 26.5. The predicted molar refractivity (Wildman–Crippen MR) is 172 cm³/mol. The lowest BCUT2D eigenvalue weighted by Gasteiger charge is -2.26. The third-order valence-corrected chi connectivity index (χ3v) is 10.4. The van der Waals surface area contributed by atoms with Gasteiger partial charge in [0.15, 0.2) is 0 Å². The van der Waals surface area contributed by atoms with E-state index in [2.05, 4.69) is 54.6 Å². The minimum Gasteiger partial charge on any atom is -0.460 e. The Kier molecular flexibility index (Phi) is 5.51. The van der Waals surface area contributed by atoms with Crippen molar-refractivity contribution in [2.45, 2.75) is 77.0 Å². The van der Waals surface area contributed by atoms with Crippen LogP contribution in [0.5, 0.6) is 0 Å². The fourth-order valence-electron chi connectivity index (χ4n) is 8.17. The standard InChI is InChI=1S/C39H35NO2/c40-22-23-9-10-25-18-26(12-11-24(25)17-23)27-13-14-29-20-30(16-15-28(29)19-27)37-38-33(31-5-1-3-7-35(31)41-38)21-34-32-6-2-4-8-36(32)42-39(34)37/h3,7,9-10,17-22,40H,1-2,4-6,8,11-16H2. The predicted octanol–water partition coefficient (Wildman–Crippen LogP) is 10.2. The van der Waals surface area contributed by atoms with Gasteiger partial charge in [0, 0.05) is 34.5 Å². The minimum atomic E-state index is 0.996. The van der Waals surface area contributed by atoms with E-state index in [1.54, 1.807) is 0 Å². The molecule has 0 amide bonds. The number of fused-ring (bicyclic) bond motifs is 7. The molecule has 1 N–H and O–H groups in total. The topological polar surface area (TPSA) is 50.1 Å². The summed E-state index contributed by atoms with van der Waals surface area (Å²) in [5.74, 6) is 2.24. The first-order valence-electron chi connectivity index (χ1n) is 15.9. The van der Waals surface area contributed by atoms with Gasteiger partial charge in [0.05, 0.1) is 5.56 Å². The maximum Gasteiger partial charge on any atom is 0.146 e. The van der Waals surface area contributed by atoms with Crippen molar-refractivity contribution in [3.63, 3.8) is 0 Å². The molecule has 9 rings (SSSR count). The molecule has 4 aromatic rings. The molecule has 0 atom stereocenters. The highest BCUT2D eigenvalue weighted by Crippen LogP contribution is 2.47. The highest BCUT2D eigenvalue weighted by molar-refractivity contribution is 6.08. The van der Waals surface area contributed by atoms with E-state index in [1.807, 2.05) is 0 Å². The molecule has 0 saturated heterocycles. The van der Waals surface area contributed by atoms with Crippen molar-refractivity contribution in [2.24, 2.45) is 0 Å². The summed E-state index contributed by atoms with van der Waals surface area (Å²) in [6, 6.07) is 8.83. The lowest BCUT2D eigenvalue weighted by atomic mass is 9.78. The largest absolute Gasteiger partial charge is 0.460 e. The second-order valence-electron chi connectivity index (χ2n) is 12.8. The Bertz CT molecular complexity index is 2000. The van der Waals surface area contributed by atoms with E-state index < -0.39 is 0 Å². The van der Waals surface area contributed by atoms with Crippen molar-refractivity contribution in [3.8, 4) is 0 Å². The Morgan fingerprint density at radius 2 is 1.43 bits per heavy atom. The lowest BCUT2D eigenvalue weighted by molar-refractivity contribution is 0.505. The second kappa shape index (κ2) is 9.46. The van der Waals surface area contributed by atoms with E-state index in [1.165, 1.54) is 91.3 Å². The molecular formula is C39H35NO2. The Balaban J connectivity index is 1.15. The molecule has 2 heterocycles. The van der Waals surface area contributed by atoms with Crippen LogP contribution in [-0.2, 0) is 25.7 Å². The fraction of sp³-hybridized carbons (Fsp3) is 0.308. The van der Waals surface area contributed by atoms with Crippen LogP contribution in [0.2, 0.25) is 0 Å². The van der Waals surface area contributed by atoms with Crippen LogP contribution < -0.4 is 0 Å². The zero-order chi connectivity index (χ0) is 27.8. The first kappa shape index (κ1) is 24.5. The molecule has 208 valence electrons. The number of allylic oxidation sites excluding steroid dienone is 8. The number of nitrogens with one attached hydrogen (secondary N) is 1. The monoisotopic (exact) mass is 549 g/mol. The quantitative estimate of drug-likeness (QED) is 0.258. The van der Waals surface area contributed by atoms with Gasteiger partial charge in [-0.3, -0.25) is 0 Å². The molecule has 5 aliphatic rings. The summed E-state index contributed by atoms with van der Waals surface area (Å²) < 4.78 is 13.4. The van der Waals surface area contributed by atoms with Crippen molar-refractivity contribution in [3.05, 3.63) is 110 Å². The summed E-state index contributed by atoms with van der Waals surface area (Å²) in [5.41, 5.74) is 17.2. The van der Waals surface area contributed by atoms with Gasteiger partial charge in [0.1, 0.15) is 22.7 Å². The Morgan fingerprint density at radius 3 is 2.33 bits per heavy atom. The first-order valence-corrected chi connectivity index (χ1v) is 15.9. The maximum absolute atomic E-state index is 7.58. The average molecular weight is 550 g/mol. The normalized spacial score (nSPS) is 19.6. The summed E-state index contributed by atoms with van der Waals surface area (Å²) in [5, 5.41) is 10.2. The smallest absolute Gasteiger partial charge is 0.146 e. The van der Waals surface area contributed by atoms with Crippen LogP contribution in [-0.4, -0.2) is 6.21 Å². The van der Waals surface area contributed by atoms with Gasteiger partial charge in [-0.25, -0.2) is 0 Å². The minimum absolute atomic E-state index is 0.996. The van der Waals surface area contributed by atoms with Gasteiger partial charge in [0.25, 0.3) is 0 Å². The van der Waals surface area contributed by atoms with Crippen LogP contribution >= 0.6 is 0 Å². The summed E-state index contributed by atoms with van der Waals surface area (Å²) in [6.45, 7) is 0. The zero-order valence-electron chi connectivity index (χ0n) is 24.1. The SMILES string of the molecule is N=Cc1ccc2c(c1)CCC(C1=CC3=C(C=C(c4c5oc6c(c5cc5c7c(oc45)CCCC7)CCC=C6)CC3)CC1)=C2. The lowest BCUT2D eigenvalue weighted by Crippen LogP contribution is -2.08. The summed E-state index contributed by atoms with van der Waals surface area (Å²) in [4.78, 5) is 0. The number of hydrogen-bond acceptors (Lipinski definition) is 3. The second-order valence-corrected chi connectivity index (χ2v) is 12.8. The van der Waals surface area contributed by atoms with Gasteiger partial charge in [-0.05, 0) is 133 Å². The molecule has 2 aromatic heterocycles. The highest BCUT2D eigenvalue weighted by atomic mass is 16.3. The molecule has 0 spiro atoms. The van der Waals surface area contributed by atoms with E-state index >= 15 is 0 Å². The van der Waals surface area contributed by atoms with Crippen molar-refractivity contribution >= 4 is 45.9 Å². The van der Waals surface area contributed by atoms with Crippen LogP contribution in [0, 0.1) is 5.41 Å². The van der Waals surface area contributed by atoms with Crippen LogP contribution in [0.15, 0.2) is 73.6 Å². The zero-order valence-corrected chi connectivity index (χ0v) is 24.1. The van der Waals surface area contributed by atoms with Gasteiger partial charge in [0.2, 0.25) is 0 Å². The molecular weight excluding hydrogens is 514 g/mol. The third-order valence-electron chi connectivity index (χ3n) is 10.4. The Labute approximate surface area is 246 Å². The van der Waals surface area contributed by atoms with Gasteiger partial charge in [-0.15, -0.1) is 0 Å². The van der Waals surface area contributed by atoms with Crippen molar-refractivity contribution < 1.29 is 8.83 Å². The fourth-order valence-corrected chi connectivity index (χ4v) is 8.17. The number of benzene rings is 2. The number of hydrogen-bond donors (Lipinski definition) is 1.